The minimum absolute atomic E-state index is 0.297. The first kappa shape index (κ1) is 11.5. The molecular formula is C15H16O2. The number of aromatic hydroxyl groups is 2. The summed E-state index contributed by atoms with van der Waals surface area (Å²) in [6.45, 7) is 2.15. The van der Waals surface area contributed by atoms with Gasteiger partial charge in [0.25, 0.3) is 0 Å². The molecule has 0 saturated heterocycles. The zero-order valence-corrected chi connectivity index (χ0v) is 9.80. The van der Waals surface area contributed by atoms with Crippen LogP contribution in [0.4, 0.5) is 0 Å². The Labute approximate surface area is 101 Å². The Bertz CT molecular complexity index is 471. The second-order valence-corrected chi connectivity index (χ2v) is 4.36. The normalized spacial score (nSPS) is 12.3. The summed E-state index contributed by atoms with van der Waals surface area (Å²) in [6, 6.07) is 14.6. The number of rotatable bonds is 3. The quantitative estimate of drug-likeness (QED) is 0.844. The Kier molecular flexibility index (Phi) is 3.33. The maximum Gasteiger partial charge on any atom is 0.115 e. The Morgan fingerprint density at radius 1 is 0.824 bits per heavy atom. The van der Waals surface area contributed by atoms with Crippen LogP contribution in [0.2, 0.25) is 0 Å². The second kappa shape index (κ2) is 4.91. The van der Waals surface area contributed by atoms with Gasteiger partial charge in [-0.3, -0.25) is 0 Å². The van der Waals surface area contributed by atoms with Crippen molar-refractivity contribution in [1.82, 2.24) is 0 Å². The maximum atomic E-state index is 9.23. The van der Waals surface area contributed by atoms with E-state index in [-0.39, 0.29) is 0 Å². The zero-order chi connectivity index (χ0) is 12.3. The summed E-state index contributed by atoms with van der Waals surface area (Å²) in [5, 5.41) is 18.4. The lowest BCUT2D eigenvalue weighted by molar-refractivity contribution is 0.474. The Hall–Kier alpha value is -1.96. The molecule has 0 fully saturated rings. The number of phenolic OH excluding ortho intramolecular Hbond substituents is 2. The van der Waals surface area contributed by atoms with Gasteiger partial charge in [0.15, 0.2) is 0 Å². The molecule has 0 aliphatic carbocycles. The standard InChI is InChI=1S/C15H16O2/c1-11(13-4-8-15(17)9-5-13)10-12-2-6-14(16)7-3-12/h2-9,11,16-17H,10H2,1H3/t11-/m1/s1. The number of phenols is 2. The monoisotopic (exact) mass is 228 g/mol. The fourth-order valence-corrected chi connectivity index (χ4v) is 1.91. The lowest BCUT2D eigenvalue weighted by atomic mass is 9.94. The van der Waals surface area contributed by atoms with Crippen LogP contribution in [-0.4, -0.2) is 10.2 Å². The molecule has 2 rings (SSSR count). The van der Waals surface area contributed by atoms with Crippen LogP contribution in [-0.2, 0) is 6.42 Å². The van der Waals surface area contributed by atoms with E-state index in [0.29, 0.717) is 17.4 Å². The molecule has 1 atom stereocenters. The number of benzene rings is 2. The average Bonchev–Trinajstić information content (AvgIpc) is 2.33. The molecule has 2 heteroatoms. The zero-order valence-electron chi connectivity index (χ0n) is 9.80. The molecule has 0 heterocycles. The predicted molar refractivity (Wildman–Crippen MR) is 68.3 cm³/mol. The highest BCUT2D eigenvalue weighted by atomic mass is 16.3. The third-order valence-electron chi connectivity index (χ3n) is 2.94. The summed E-state index contributed by atoms with van der Waals surface area (Å²) in [6.07, 6.45) is 0.922. The van der Waals surface area contributed by atoms with Gasteiger partial charge in [0.1, 0.15) is 11.5 Å². The molecule has 2 N–H and O–H groups in total. The molecule has 0 bridgehead atoms. The van der Waals surface area contributed by atoms with Gasteiger partial charge in [0, 0.05) is 0 Å². The molecule has 0 aromatic heterocycles. The van der Waals surface area contributed by atoms with Crippen molar-refractivity contribution in [3.8, 4) is 11.5 Å². The SMILES string of the molecule is C[C@H](Cc1ccc(O)cc1)c1ccc(O)cc1. The first-order valence-electron chi connectivity index (χ1n) is 5.72. The van der Waals surface area contributed by atoms with E-state index in [9.17, 15) is 10.2 Å². The Balaban J connectivity index is 2.08. The van der Waals surface area contributed by atoms with Crippen molar-refractivity contribution < 1.29 is 10.2 Å². The van der Waals surface area contributed by atoms with Gasteiger partial charge in [-0.15, -0.1) is 0 Å². The van der Waals surface area contributed by atoms with E-state index in [1.807, 2.05) is 24.3 Å². The summed E-state index contributed by atoms with van der Waals surface area (Å²) in [4.78, 5) is 0. The van der Waals surface area contributed by atoms with Crippen molar-refractivity contribution in [3.05, 3.63) is 59.7 Å². The highest BCUT2D eigenvalue weighted by molar-refractivity contribution is 5.31. The summed E-state index contributed by atoms with van der Waals surface area (Å²) < 4.78 is 0. The smallest absolute Gasteiger partial charge is 0.115 e. The fraction of sp³-hybridized carbons (Fsp3) is 0.200. The third kappa shape index (κ3) is 3.00. The lowest BCUT2D eigenvalue weighted by Crippen LogP contribution is -1.97. The first-order valence-corrected chi connectivity index (χ1v) is 5.72. The minimum Gasteiger partial charge on any atom is -0.508 e. The Morgan fingerprint density at radius 2 is 1.29 bits per heavy atom. The average molecular weight is 228 g/mol. The van der Waals surface area contributed by atoms with Gasteiger partial charge < -0.3 is 10.2 Å². The van der Waals surface area contributed by atoms with E-state index in [4.69, 9.17) is 0 Å². The summed E-state index contributed by atoms with van der Waals surface area (Å²) in [5.74, 6) is 0.983. The molecular weight excluding hydrogens is 212 g/mol. The highest BCUT2D eigenvalue weighted by Crippen LogP contribution is 2.23. The molecule has 0 saturated carbocycles. The van der Waals surface area contributed by atoms with Crippen LogP contribution >= 0.6 is 0 Å². The number of hydrogen-bond donors (Lipinski definition) is 2. The van der Waals surface area contributed by atoms with Crippen molar-refractivity contribution in [1.29, 1.82) is 0 Å². The van der Waals surface area contributed by atoms with E-state index >= 15 is 0 Å². The van der Waals surface area contributed by atoms with Crippen LogP contribution in [0.3, 0.4) is 0 Å². The summed E-state index contributed by atoms with van der Waals surface area (Å²) >= 11 is 0. The van der Waals surface area contributed by atoms with E-state index in [1.165, 1.54) is 11.1 Å². The van der Waals surface area contributed by atoms with E-state index in [2.05, 4.69) is 6.92 Å². The van der Waals surface area contributed by atoms with E-state index in [1.54, 1.807) is 24.3 Å². The molecule has 2 aromatic rings. The second-order valence-electron chi connectivity index (χ2n) is 4.36. The Morgan fingerprint density at radius 3 is 1.82 bits per heavy atom. The lowest BCUT2D eigenvalue weighted by Gasteiger charge is -2.12. The molecule has 0 unspecified atom stereocenters. The predicted octanol–water partition coefficient (Wildman–Crippen LogP) is 3.44. The third-order valence-corrected chi connectivity index (χ3v) is 2.94. The van der Waals surface area contributed by atoms with Crippen molar-refractivity contribution in [2.45, 2.75) is 19.3 Å². The molecule has 0 radical (unpaired) electrons. The van der Waals surface area contributed by atoms with Gasteiger partial charge in [-0.05, 0) is 47.7 Å². The molecule has 0 aliphatic heterocycles. The molecule has 88 valence electrons. The fourth-order valence-electron chi connectivity index (χ4n) is 1.91. The molecule has 2 nitrogen and oxygen atoms in total. The van der Waals surface area contributed by atoms with Gasteiger partial charge in [0.05, 0.1) is 0 Å². The van der Waals surface area contributed by atoms with Crippen LogP contribution in [0.1, 0.15) is 24.0 Å². The summed E-state index contributed by atoms with van der Waals surface area (Å²) in [5.41, 5.74) is 2.40. The van der Waals surface area contributed by atoms with Gasteiger partial charge in [-0.1, -0.05) is 31.2 Å². The van der Waals surface area contributed by atoms with Gasteiger partial charge in [0.2, 0.25) is 0 Å². The van der Waals surface area contributed by atoms with Crippen molar-refractivity contribution in [2.24, 2.45) is 0 Å². The van der Waals surface area contributed by atoms with Crippen LogP contribution in [0.15, 0.2) is 48.5 Å². The van der Waals surface area contributed by atoms with Crippen molar-refractivity contribution >= 4 is 0 Å². The highest BCUT2D eigenvalue weighted by Gasteiger charge is 2.06. The molecule has 2 aromatic carbocycles. The van der Waals surface area contributed by atoms with E-state index < -0.39 is 0 Å². The largest absolute Gasteiger partial charge is 0.508 e. The molecule has 0 aliphatic rings. The number of hydrogen-bond acceptors (Lipinski definition) is 2. The minimum atomic E-state index is 0.297. The molecule has 0 spiro atoms. The van der Waals surface area contributed by atoms with Crippen molar-refractivity contribution in [3.63, 3.8) is 0 Å². The van der Waals surface area contributed by atoms with Gasteiger partial charge in [-0.2, -0.15) is 0 Å². The van der Waals surface area contributed by atoms with E-state index in [0.717, 1.165) is 6.42 Å². The van der Waals surface area contributed by atoms with Gasteiger partial charge >= 0.3 is 0 Å². The maximum absolute atomic E-state index is 9.23. The van der Waals surface area contributed by atoms with Crippen molar-refractivity contribution in [2.75, 3.05) is 0 Å². The van der Waals surface area contributed by atoms with Crippen LogP contribution in [0.5, 0.6) is 11.5 Å². The van der Waals surface area contributed by atoms with Crippen LogP contribution in [0.25, 0.3) is 0 Å². The topological polar surface area (TPSA) is 40.5 Å². The van der Waals surface area contributed by atoms with Crippen LogP contribution in [0, 0.1) is 0 Å². The summed E-state index contributed by atoms with van der Waals surface area (Å²) in [7, 11) is 0. The first-order chi connectivity index (χ1) is 8.15. The molecule has 17 heavy (non-hydrogen) atoms. The molecule has 0 amide bonds. The van der Waals surface area contributed by atoms with Crippen LogP contribution < -0.4 is 0 Å². The van der Waals surface area contributed by atoms with Gasteiger partial charge in [-0.25, -0.2) is 0 Å².